The van der Waals surface area contributed by atoms with Crippen LogP contribution in [0.15, 0.2) is 91.3 Å². The molecule has 0 aliphatic heterocycles. The summed E-state index contributed by atoms with van der Waals surface area (Å²) in [5.74, 6) is 2.07. The van der Waals surface area contributed by atoms with Gasteiger partial charge in [0.25, 0.3) is 0 Å². The molecular weight excluding hydrogens is 668 g/mol. The molecule has 0 atom stereocenters. The number of phenolic OH excluding ortho intramolecular Hbond substituents is 1. The minimum absolute atomic E-state index is 0. The summed E-state index contributed by atoms with van der Waals surface area (Å²) >= 11 is 0. The molecule has 0 bridgehead atoms. The molecule has 0 spiro atoms. The summed E-state index contributed by atoms with van der Waals surface area (Å²) in [6, 6.07) is 22.5. The first kappa shape index (κ1) is 42.0. The second-order valence-electron chi connectivity index (χ2n) is 14.4. The molecule has 0 radical (unpaired) electrons. The fourth-order valence-corrected chi connectivity index (χ4v) is 9.05. The van der Waals surface area contributed by atoms with Crippen molar-refractivity contribution in [2.24, 2.45) is 0 Å². The fourth-order valence-electron chi connectivity index (χ4n) is 5.77. The van der Waals surface area contributed by atoms with Crippen LogP contribution in [-0.2, 0) is 27.3 Å². The van der Waals surface area contributed by atoms with E-state index in [9.17, 15) is 5.11 Å². The third-order valence-electron chi connectivity index (χ3n) is 8.51. The number of aromatic hydroxyl groups is 1. The molecule has 1 aromatic heterocycles. The second kappa shape index (κ2) is 19.9. The number of rotatable bonds is 5. The number of hydrogen-bond acceptors (Lipinski definition) is 4. The number of aryl methyl sites for hydroxylation is 2. The van der Waals surface area contributed by atoms with E-state index in [-0.39, 0.29) is 27.3 Å². The third-order valence-corrected chi connectivity index (χ3v) is 11.7. The smallest absolute Gasteiger partial charge is 0.162 e. The van der Waals surface area contributed by atoms with E-state index in [0.717, 1.165) is 44.1 Å². The van der Waals surface area contributed by atoms with Gasteiger partial charge in [-0.2, -0.15) is 12.8 Å². The monoisotopic (exact) mass is 725 g/mol. The van der Waals surface area contributed by atoms with E-state index in [4.69, 9.17) is 9.47 Å². The maximum Gasteiger partial charge on any atom is 0.162 e. The summed E-state index contributed by atoms with van der Waals surface area (Å²) in [5, 5.41) is 15.1. The molecule has 0 unspecified atom stereocenters. The zero-order chi connectivity index (χ0) is 35.3. The number of ether oxygens (including phenoxy) is 2. The Kier molecular flexibility index (Phi) is 17.1. The number of allylic oxidation sites excluding steroid dienone is 2. The Balaban J connectivity index is 0.000000456. The van der Waals surface area contributed by atoms with Gasteiger partial charge in [-0.1, -0.05) is 103 Å². The molecule has 1 aliphatic rings. The Morgan fingerprint density at radius 3 is 1.71 bits per heavy atom. The third kappa shape index (κ3) is 12.0. The van der Waals surface area contributed by atoms with Crippen LogP contribution in [0.4, 0.5) is 0 Å². The number of pyridine rings is 1. The van der Waals surface area contributed by atoms with Crippen molar-refractivity contribution in [2.45, 2.75) is 98.3 Å². The summed E-state index contributed by atoms with van der Waals surface area (Å²) in [7, 11) is 1.73. The van der Waals surface area contributed by atoms with Gasteiger partial charge >= 0.3 is 0 Å². The maximum absolute atomic E-state index is 11.9. The molecule has 1 aliphatic carbocycles. The van der Waals surface area contributed by atoms with Crippen LogP contribution >= 0.6 is 7.92 Å². The molecule has 5 rings (SSSR count). The van der Waals surface area contributed by atoms with Gasteiger partial charge in [0.05, 0.1) is 14.2 Å². The Hall–Kier alpha value is -3.13. The predicted molar refractivity (Wildman–Crippen MR) is 209 cm³/mol. The van der Waals surface area contributed by atoms with E-state index in [1.54, 1.807) is 26.6 Å². The van der Waals surface area contributed by atoms with Crippen molar-refractivity contribution in [1.29, 1.82) is 0 Å². The van der Waals surface area contributed by atoms with E-state index in [1.165, 1.54) is 37.7 Å². The van der Waals surface area contributed by atoms with Gasteiger partial charge < -0.3 is 21.0 Å². The molecule has 3 aromatic carbocycles. The summed E-state index contributed by atoms with van der Waals surface area (Å²) < 4.78 is 11.8. The van der Waals surface area contributed by atoms with Crippen LogP contribution in [0.3, 0.4) is 0 Å². The van der Waals surface area contributed by atoms with Crippen molar-refractivity contribution in [2.75, 3.05) is 14.2 Å². The Bertz CT molecular complexity index is 1520. The number of hydrogen-bond donors (Lipinski definition) is 1. The minimum atomic E-state index is -1.71. The SMILES string of the molecule is C1=C\CCC[CH-]CC/1.COc1cccc(C)c1[PH+](c1cc(C(C)(C)C)cc(C(C)(C)C)c1O)c1c(C)cccc1OC.[Ni].c1ccncc1. The molecule has 268 valence electrons. The molecular formula is C43H58NNiO3P. The molecule has 0 fully saturated rings. The van der Waals surface area contributed by atoms with Crippen LogP contribution < -0.4 is 25.4 Å². The second-order valence-corrected chi connectivity index (χ2v) is 16.7. The van der Waals surface area contributed by atoms with Gasteiger partial charge in [-0.05, 0) is 78.1 Å². The Morgan fingerprint density at radius 2 is 1.27 bits per heavy atom. The van der Waals surface area contributed by atoms with E-state index in [2.05, 4.69) is 103 Å². The Labute approximate surface area is 308 Å². The molecule has 1 heterocycles. The van der Waals surface area contributed by atoms with Crippen LogP contribution in [0.1, 0.15) is 95.9 Å². The quantitative estimate of drug-likeness (QED) is 0.0964. The van der Waals surface area contributed by atoms with E-state index < -0.39 is 7.92 Å². The number of aromatic nitrogens is 1. The van der Waals surface area contributed by atoms with E-state index in [0.29, 0.717) is 5.75 Å². The van der Waals surface area contributed by atoms with Crippen molar-refractivity contribution in [3.05, 3.63) is 120 Å². The summed E-state index contributed by atoms with van der Waals surface area (Å²) in [6.45, 7) is 17.4. The van der Waals surface area contributed by atoms with Gasteiger partial charge in [-0.25, -0.2) is 0 Å². The van der Waals surface area contributed by atoms with E-state index >= 15 is 0 Å². The maximum atomic E-state index is 11.9. The first-order valence-corrected chi connectivity index (χ1v) is 18.7. The zero-order valence-electron chi connectivity index (χ0n) is 31.3. The minimum Gasteiger partial charge on any atom is -0.504 e. The molecule has 0 saturated carbocycles. The Morgan fingerprint density at radius 1 is 0.714 bits per heavy atom. The van der Waals surface area contributed by atoms with Gasteiger partial charge in [0.2, 0.25) is 0 Å². The average molecular weight is 727 g/mol. The number of nitrogens with zero attached hydrogens (tertiary/aromatic N) is 1. The first-order chi connectivity index (χ1) is 22.8. The van der Waals surface area contributed by atoms with Crippen LogP contribution in [0.25, 0.3) is 0 Å². The molecule has 0 amide bonds. The molecule has 49 heavy (non-hydrogen) atoms. The van der Waals surface area contributed by atoms with Gasteiger partial charge in [-0.15, -0.1) is 0 Å². The molecule has 6 heteroatoms. The molecule has 0 saturated heterocycles. The normalized spacial score (nSPS) is 13.7. The van der Waals surface area contributed by atoms with Crippen molar-refractivity contribution in [3.63, 3.8) is 0 Å². The predicted octanol–water partition coefficient (Wildman–Crippen LogP) is 9.90. The van der Waals surface area contributed by atoms with E-state index in [1.807, 2.05) is 42.5 Å². The molecule has 4 nitrogen and oxygen atoms in total. The summed E-state index contributed by atoms with van der Waals surface area (Å²) in [5.41, 5.74) is 4.21. The fraction of sp³-hybridized carbons (Fsp3) is 0.395. The van der Waals surface area contributed by atoms with Crippen molar-refractivity contribution >= 4 is 23.8 Å². The largest absolute Gasteiger partial charge is 0.504 e. The van der Waals surface area contributed by atoms with Crippen molar-refractivity contribution in [3.8, 4) is 17.2 Å². The number of methoxy groups -OCH3 is 2. The number of benzene rings is 3. The average Bonchev–Trinajstić information content (AvgIpc) is 3.03. The van der Waals surface area contributed by atoms with Gasteiger partial charge in [0, 0.05) is 34.4 Å². The van der Waals surface area contributed by atoms with Crippen LogP contribution in [-0.4, -0.2) is 24.3 Å². The number of phenols is 1. The van der Waals surface area contributed by atoms with Crippen LogP contribution in [0.5, 0.6) is 17.2 Å². The van der Waals surface area contributed by atoms with Crippen molar-refractivity contribution < 1.29 is 31.1 Å². The van der Waals surface area contributed by atoms with Gasteiger partial charge in [0.15, 0.2) is 17.2 Å². The van der Waals surface area contributed by atoms with Crippen LogP contribution in [0, 0.1) is 20.3 Å². The van der Waals surface area contributed by atoms with Gasteiger partial charge in [-0.3, -0.25) is 4.98 Å². The van der Waals surface area contributed by atoms with Gasteiger partial charge in [0.1, 0.15) is 23.8 Å². The van der Waals surface area contributed by atoms with Crippen LogP contribution in [0.2, 0.25) is 0 Å². The standard InChI is InChI=1S/C30H39O3P.C8H13.C5H5N.Ni/c1-19-13-11-15-23(32-9)27(19)34(28-20(2)14-12-16-24(28)33-10)25-18-21(29(3,4)5)17-22(26(25)31)30(6,7)8;1-2-4-6-8-7-5-3-1;1-2-4-6-5-3-1;/h11-18,31H,1-10H3;1-2,7H,3-6,8H2;1-5H;/q;-1;;/p+1/b;2-1-;;. The topological polar surface area (TPSA) is 51.6 Å². The molecule has 4 aromatic rings. The first-order valence-electron chi connectivity index (χ1n) is 17.2. The molecule has 1 N–H and O–H groups in total. The van der Waals surface area contributed by atoms with Crippen molar-refractivity contribution in [1.82, 2.24) is 4.98 Å². The summed E-state index contributed by atoms with van der Waals surface area (Å²) in [6.07, 6.45) is 17.0. The zero-order valence-corrected chi connectivity index (χ0v) is 33.3. The summed E-state index contributed by atoms with van der Waals surface area (Å²) in [4.78, 5) is 3.78.